The molecule has 0 saturated carbocycles. The molecule has 1 unspecified atom stereocenters. The minimum atomic E-state index is -0.136. The Labute approximate surface area is 180 Å². The zero-order valence-electron chi connectivity index (χ0n) is 18.2. The minimum Gasteiger partial charge on any atom is -0.484 e. The Morgan fingerprint density at radius 2 is 1.62 bits per heavy atom. The van der Waals surface area contributed by atoms with E-state index in [2.05, 4.69) is 69.1 Å². The van der Waals surface area contributed by atoms with E-state index in [4.69, 9.17) is 16.3 Å². The molecule has 1 atom stereocenters. The molecule has 0 saturated heterocycles. The van der Waals surface area contributed by atoms with Gasteiger partial charge in [0.1, 0.15) is 5.75 Å². The van der Waals surface area contributed by atoms with Crippen LogP contribution < -0.4 is 10.1 Å². The maximum absolute atomic E-state index is 12.3. The first-order chi connectivity index (χ1) is 13.7. The van der Waals surface area contributed by atoms with Gasteiger partial charge in [0.05, 0.1) is 6.04 Å². The van der Waals surface area contributed by atoms with E-state index in [9.17, 15) is 4.79 Å². The smallest absolute Gasteiger partial charge is 0.258 e. The zero-order chi connectivity index (χ0) is 21.4. The number of likely N-dealkylation sites (N-methyl/N-ethyl adjacent to an activating group) is 1. The van der Waals surface area contributed by atoms with Crippen LogP contribution in [0.3, 0.4) is 0 Å². The lowest BCUT2D eigenvalue weighted by molar-refractivity contribution is -0.123. The van der Waals surface area contributed by atoms with Crippen molar-refractivity contribution in [3.8, 4) is 5.75 Å². The van der Waals surface area contributed by atoms with Crippen LogP contribution in [0.15, 0.2) is 48.5 Å². The third-order valence-electron chi connectivity index (χ3n) is 5.09. The summed E-state index contributed by atoms with van der Waals surface area (Å²) in [5.74, 6) is 0.492. The van der Waals surface area contributed by atoms with Crippen molar-refractivity contribution in [2.24, 2.45) is 0 Å². The minimum absolute atomic E-state index is 0.0183. The van der Waals surface area contributed by atoms with Crippen molar-refractivity contribution in [3.63, 3.8) is 0 Å². The van der Waals surface area contributed by atoms with Gasteiger partial charge in [0, 0.05) is 11.6 Å². The maximum Gasteiger partial charge on any atom is 0.258 e. The van der Waals surface area contributed by atoms with Gasteiger partial charge in [-0.15, -0.1) is 0 Å². The Morgan fingerprint density at radius 1 is 1.03 bits per heavy atom. The van der Waals surface area contributed by atoms with Gasteiger partial charge < -0.3 is 10.1 Å². The number of carbonyl (C=O) groups excluding carboxylic acids is 1. The Hall–Kier alpha value is -2.04. The highest BCUT2D eigenvalue weighted by Crippen LogP contribution is 2.26. The second-order valence-corrected chi connectivity index (χ2v) is 8.59. The second-order valence-electron chi connectivity index (χ2n) is 8.16. The number of nitrogens with zero attached hydrogens (tertiary/aromatic N) is 1. The van der Waals surface area contributed by atoms with Crippen LogP contribution in [-0.4, -0.2) is 37.0 Å². The molecule has 2 aromatic carbocycles. The standard InChI is InChI=1S/C24H33ClN2O2/c1-6-27(7-2)22(18-8-10-19(11-9-18)24(3,4)5)16-26-23(28)17-29-21-14-12-20(25)13-15-21/h8-15,22H,6-7,16-17H2,1-5H3,(H,26,28). The van der Waals surface area contributed by atoms with Crippen LogP contribution in [0.25, 0.3) is 0 Å². The molecule has 5 heteroatoms. The summed E-state index contributed by atoms with van der Waals surface area (Å²) in [5.41, 5.74) is 2.64. The summed E-state index contributed by atoms with van der Waals surface area (Å²) < 4.78 is 5.54. The van der Waals surface area contributed by atoms with E-state index in [1.165, 1.54) is 11.1 Å². The predicted octanol–water partition coefficient (Wildman–Crippen LogP) is 5.22. The Kier molecular flexibility index (Phi) is 8.54. The molecule has 4 nitrogen and oxygen atoms in total. The summed E-state index contributed by atoms with van der Waals surface area (Å²) in [5, 5.41) is 3.67. The average Bonchev–Trinajstić information content (AvgIpc) is 2.70. The van der Waals surface area contributed by atoms with Crippen LogP contribution >= 0.6 is 11.6 Å². The summed E-state index contributed by atoms with van der Waals surface area (Å²) in [6.07, 6.45) is 0. The monoisotopic (exact) mass is 416 g/mol. The summed E-state index contributed by atoms with van der Waals surface area (Å²) in [6.45, 7) is 13.3. The van der Waals surface area contributed by atoms with Crippen molar-refractivity contribution in [1.82, 2.24) is 10.2 Å². The van der Waals surface area contributed by atoms with Crippen molar-refractivity contribution in [2.75, 3.05) is 26.2 Å². The van der Waals surface area contributed by atoms with Gasteiger partial charge in [0.2, 0.25) is 0 Å². The quantitative estimate of drug-likeness (QED) is 0.609. The number of hydrogen-bond acceptors (Lipinski definition) is 3. The predicted molar refractivity (Wildman–Crippen MR) is 121 cm³/mol. The Balaban J connectivity index is 2.01. The summed E-state index contributed by atoms with van der Waals surface area (Å²) in [6, 6.07) is 15.9. The van der Waals surface area contributed by atoms with E-state index >= 15 is 0 Å². The molecule has 0 bridgehead atoms. The number of rotatable bonds is 9. The van der Waals surface area contributed by atoms with Crippen LogP contribution in [-0.2, 0) is 10.2 Å². The lowest BCUT2D eigenvalue weighted by atomic mass is 9.86. The number of hydrogen-bond donors (Lipinski definition) is 1. The van der Waals surface area contributed by atoms with Gasteiger partial charge in [-0.05, 0) is 53.9 Å². The molecule has 2 aromatic rings. The molecule has 0 radical (unpaired) electrons. The van der Waals surface area contributed by atoms with Gasteiger partial charge in [-0.2, -0.15) is 0 Å². The first-order valence-corrected chi connectivity index (χ1v) is 10.6. The van der Waals surface area contributed by atoms with E-state index in [-0.39, 0.29) is 24.0 Å². The van der Waals surface area contributed by atoms with Crippen molar-refractivity contribution in [3.05, 3.63) is 64.7 Å². The summed E-state index contributed by atoms with van der Waals surface area (Å²) in [7, 11) is 0. The molecule has 0 aliphatic heterocycles. The molecular formula is C24H33ClN2O2. The molecular weight excluding hydrogens is 384 g/mol. The fourth-order valence-corrected chi connectivity index (χ4v) is 3.39. The molecule has 0 heterocycles. The first kappa shape index (κ1) is 23.2. The Morgan fingerprint density at radius 3 is 2.14 bits per heavy atom. The number of halogens is 1. The van der Waals surface area contributed by atoms with Gasteiger partial charge in [0.15, 0.2) is 6.61 Å². The van der Waals surface area contributed by atoms with E-state index in [1.807, 2.05) is 0 Å². The molecule has 158 valence electrons. The van der Waals surface area contributed by atoms with Crippen molar-refractivity contribution >= 4 is 17.5 Å². The second kappa shape index (κ2) is 10.7. The highest BCUT2D eigenvalue weighted by molar-refractivity contribution is 6.30. The van der Waals surface area contributed by atoms with Crippen molar-refractivity contribution in [2.45, 2.75) is 46.1 Å². The average molecular weight is 417 g/mol. The highest BCUT2D eigenvalue weighted by Gasteiger charge is 2.20. The van der Waals surface area contributed by atoms with Crippen molar-refractivity contribution in [1.29, 1.82) is 0 Å². The van der Waals surface area contributed by atoms with E-state index in [1.54, 1.807) is 24.3 Å². The summed E-state index contributed by atoms with van der Waals surface area (Å²) >= 11 is 5.87. The highest BCUT2D eigenvalue weighted by atomic mass is 35.5. The van der Waals surface area contributed by atoms with E-state index < -0.39 is 0 Å². The fourth-order valence-electron chi connectivity index (χ4n) is 3.27. The van der Waals surface area contributed by atoms with Gasteiger partial charge in [-0.25, -0.2) is 0 Å². The molecule has 0 spiro atoms. The van der Waals surface area contributed by atoms with Crippen LogP contribution in [0.5, 0.6) is 5.75 Å². The molecule has 2 rings (SSSR count). The number of nitrogens with one attached hydrogen (secondary N) is 1. The van der Waals surface area contributed by atoms with Crippen LogP contribution in [0.1, 0.15) is 51.8 Å². The Bertz CT molecular complexity index is 763. The normalized spacial score (nSPS) is 12.7. The third kappa shape index (κ3) is 7.06. The fraction of sp³-hybridized carbons (Fsp3) is 0.458. The van der Waals surface area contributed by atoms with Gasteiger partial charge in [0.25, 0.3) is 5.91 Å². The zero-order valence-corrected chi connectivity index (χ0v) is 18.9. The van der Waals surface area contributed by atoms with Gasteiger partial charge in [-0.1, -0.05) is 70.5 Å². The first-order valence-electron chi connectivity index (χ1n) is 10.2. The lowest BCUT2D eigenvalue weighted by Crippen LogP contribution is -2.39. The molecule has 0 aliphatic rings. The third-order valence-corrected chi connectivity index (χ3v) is 5.34. The number of amides is 1. The molecule has 1 N–H and O–H groups in total. The molecule has 0 aliphatic carbocycles. The van der Waals surface area contributed by atoms with Crippen LogP contribution in [0.4, 0.5) is 0 Å². The van der Waals surface area contributed by atoms with E-state index in [0.29, 0.717) is 17.3 Å². The van der Waals surface area contributed by atoms with Gasteiger partial charge >= 0.3 is 0 Å². The summed E-state index contributed by atoms with van der Waals surface area (Å²) in [4.78, 5) is 14.7. The maximum atomic E-state index is 12.3. The largest absolute Gasteiger partial charge is 0.484 e. The van der Waals surface area contributed by atoms with Crippen LogP contribution in [0.2, 0.25) is 5.02 Å². The van der Waals surface area contributed by atoms with Gasteiger partial charge in [-0.3, -0.25) is 9.69 Å². The molecule has 0 fully saturated rings. The lowest BCUT2D eigenvalue weighted by Gasteiger charge is -2.31. The molecule has 1 amide bonds. The molecule has 29 heavy (non-hydrogen) atoms. The number of benzene rings is 2. The SMILES string of the molecule is CCN(CC)C(CNC(=O)COc1ccc(Cl)cc1)c1ccc(C(C)(C)C)cc1. The topological polar surface area (TPSA) is 41.6 Å². The van der Waals surface area contributed by atoms with E-state index in [0.717, 1.165) is 13.1 Å². The van der Waals surface area contributed by atoms with Crippen molar-refractivity contribution < 1.29 is 9.53 Å². The van der Waals surface area contributed by atoms with Crippen LogP contribution in [0, 0.1) is 0 Å². The number of ether oxygens (including phenoxy) is 1. The number of carbonyl (C=O) groups is 1. The molecule has 0 aromatic heterocycles.